The number of nitrogens with zero attached hydrogens (tertiary/aromatic N) is 3. The summed E-state index contributed by atoms with van der Waals surface area (Å²) in [6.45, 7) is 0.364. The minimum atomic E-state index is -0.515. The lowest BCUT2D eigenvalue weighted by atomic mass is 10.2. The minimum absolute atomic E-state index is 0.0304. The molecule has 140 valence electrons. The molecule has 1 N–H and O–H groups in total. The number of carbonyl (C=O) groups excluding carboxylic acids is 1. The van der Waals surface area contributed by atoms with Crippen LogP contribution in [0.3, 0.4) is 0 Å². The monoisotopic (exact) mass is 390 g/mol. The van der Waals surface area contributed by atoms with Crippen LogP contribution in [0.1, 0.15) is 29.2 Å². The predicted octanol–water partition coefficient (Wildman–Crippen LogP) is 2.86. The summed E-state index contributed by atoms with van der Waals surface area (Å²) in [5.41, 5.74) is -0.0665. The van der Waals surface area contributed by atoms with Gasteiger partial charge in [-0.2, -0.15) is 0 Å². The number of furan rings is 1. The van der Waals surface area contributed by atoms with Crippen LogP contribution in [0.15, 0.2) is 45.8 Å². The average Bonchev–Trinajstić information content (AvgIpc) is 3.20. The molecule has 1 fully saturated rings. The molecule has 0 unspecified atom stereocenters. The molecule has 1 aliphatic rings. The molecule has 4 rings (SSSR count). The second-order valence-electron chi connectivity index (χ2n) is 6.29. The van der Waals surface area contributed by atoms with Crippen LogP contribution in [0.25, 0.3) is 11.6 Å². The quantitative estimate of drug-likeness (QED) is 0.701. The van der Waals surface area contributed by atoms with Gasteiger partial charge in [-0.25, -0.2) is 13.9 Å². The Labute approximate surface area is 158 Å². The first kappa shape index (κ1) is 17.5. The number of benzene rings is 1. The van der Waals surface area contributed by atoms with E-state index < -0.39 is 11.7 Å². The van der Waals surface area contributed by atoms with Crippen LogP contribution in [-0.2, 0) is 6.54 Å². The zero-order valence-electron chi connectivity index (χ0n) is 14.2. The lowest BCUT2D eigenvalue weighted by Gasteiger charge is -2.06. The highest BCUT2D eigenvalue weighted by molar-refractivity contribution is 6.33. The Morgan fingerprint density at radius 2 is 2.19 bits per heavy atom. The van der Waals surface area contributed by atoms with Crippen LogP contribution in [0.5, 0.6) is 0 Å². The van der Waals surface area contributed by atoms with E-state index in [1.54, 1.807) is 16.7 Å². The van der Waals surface area contributed by atoms with E-state index in [0.29, 0.717) is 11.6 Å². The lowest BCUT2D eigenvalue weighted by Crippen LogP contribution is -2.32. The Bertz CT molecular complexity index is 1040. The van der Waals surface area contributed by atoms with Crippen LogP contribution < -0.4 is 11.0 Å². The summed E-state index contributed by atoms with van der Waals surface area (Å²) in [5.74, 6) is 0.0559. The maximum Gasteiger partial charge on any atom is 0.346 e. The second-order valence-corrected chi connectivity index (χ2v) is 6.70. The van der Waals surface area contributed by atoms with E-state index in [2.05, 4.69) is 10.4 Å². The van der Waals surface area contributed by atoms with Gasteiger partial charge in [-0.1, -0.05) is 11.6 Å². The maximum absolute atomic E-state index is 13.1. The van der Waals surface area contributed by atoms with E-state index in [0.717, 1.165) is 25.0 Å². The standard InChI is InChI=1S/C18H16ClFN4O3/c19-14-10-11(20)3-6-13(14)17(25)21-7-8-23-18(26)24(12-4-5-12)16(22-23)15-2-1-9-27-15/h1-3,6,9-10,12H,4-5,7-8H2,(H,21,25). The van der Waals surface area contributed by atoms with Gasteiger partial charge in [-0.3, -0.25) is 9.36 Å². The molecule has 0 bridgehead atoms. The Morgan fingerprint density at radius 3 is 2.85 bits per heavy atom. The van der Waals surface area contributed by atoms with Gasteiger partial charge < -0.3 is 9.73 Å². The van der Waals surface area contributed by atoms with E-state index in [1.165, 1.54) is 17.0 Å². The van der Waals surface area contributed by atoms with Crippen LogP contribution in [-0.4, -0.2) is 26.8 Å². The first-order valence-electron chi connectivity index (χ1n) is 8.51. The Balaban J connectivity index is 1.48. The maximum atomic E-state index is 13.1. The fourth-order valence-corrected chi connectivity index (χ4v) is 3.10. The molecule has 27 heavy (non-hydrogen) atoms. The van der Waals surface area contributed by atoms with E-state index >= 15 is 0 Å². The van der Waals surface area contributed by atoms with Crippen molar-refractivity contribution in [2.75, 3.05) is 6.54 Å². The average molecular weight is 391 g/mol. The summed E-state index contributed by atoms with van der Waals surface area (Å²) in [5, 5.41) is 7.05. The van der Waals surface area contributed by atoms with Crippen molar-refractivity contribution >= 4 is 17.5 Å². The largest absolute Gasteiger partial charge is 0.461 e. The van der Waals surface area contributed by atoms with Crippen molar-refractivity contribution in [3.63, 3.8) is 0 Å². The van der Waals surface area contributed by atoms with Gasteiger partial charge in [-0.05, 0) is 43.2 Å². The third-order valence-electron chi connectivity index (χ3n) is 4.31. The van der Waals surface area contributed by atoms with Gasteiger partial charge in [0.15, 0.2) is 5.76 Å². The molecule has 2 aromatic heterocycles. The molecule has 1 aromatic carbocycles. The molecule has 0 spiro atoms. The first-order valence-corrected chi connectivity index (χ1v) is 8.89. The highest BCUT2D eigenvalue weighted by Crippen LogP contribution is 2.36. The Kier molecular flexibility index (Phi) is 4.57. The third-order valence-corrected chi connectivity index (χ3v) is 4.62. The Hall–Kier alpha value is -2.87. The van der Waals surface area contributed by atoms with Gasteiger partial charge in [0.25, 0.3) is 5.91 Å². The topological polar surface area (TPSA) is 82.1 Å². The summed E-state index contributed by atoms with van der Waals surface area (Å²) < 4.78 is 21.4. The molecule has 0 aliphatic heterocycles. The zero-order chi connectivity index (χ0) is 19.0. The summed E-state index contributed by atoms with van der Waals surface area (Å²) >= 11 is 5.89. The van der Waals surface area contributed by atoms with Crippen molar-refractivity contribution < 1.29 is 13.6 Å². The fraction of sp³-hybridized carbons (Fsp3) is 0.278. The Morgan fingerprint density at radius 1 is 1.37 bits per heavy atom. The molecule has 2 heterocycles. The second kappa shape index (κ2) is 7.03. The molecule has 0 radical (unpaired) electrons. The summed E-state index contributed by atoms with van der Waals surface area (Å²) in [4.78, 5) is 24.8. The third kappa shape index (κ3) is 3.52. The van der Waals surface area contributed by atoms with Crippen molar-refractivity contribution in [1.82, 2.24) is 19.7 Å². The number of aromatic nitrogens is 3. The molecular formula is C18H16ClFN4O3. The normalized spacial score (nSPS) is 13.7. The molecular weight excluding hydrogens is 375 g/mol. The van der Waals surface area contributed by atoms with Crippen LogP contribution in [0.2, 0.25) is 5.02 Å². The van der Waals surface area contributed by atoms with Gasteiger partial charge in [0.05, 0.1) is 23.4 Å². The van der Waals surface area contributed by atoms with Gasteiger partial charge >= 0.3 is 5.69 Å². The number of hydrogen-bond acceptors (Lipinski definition) is 4. The van der Waals surface area contributed by atoms with Crippen molar-refractivity contribution in [3.05, 3.63) is 63.5 Å². The van der Waals surface area contributed by atoms with E-state index in [1.807, 2.05) is 0 Å². The fourth-order valence-electron chi connectivity index (χ4n) is 2.85. The molecule has 3 aromatic rings. The number of rotatable bonds is 6. The van der Waals surface area contributed by atoms with Gasteiger partial charge in [0.2, 0.25) is 5.82 Å². The van der Waals surface area contributed by atoms with Gasteiger partial charge in [0.1, 0.15) is 5.82 Å². The molecule has 9 heteroatoms. The number of nitrogens with one attached hydrogen (secondary N) is 1. The van der Waals surface area contributed by atoms with Gasteiger partial charge in [-0.15, -0.1) is 5.10 Å². The number of carbonyl (C=O) groups is 1. The summed E-state index contributed by atoms with van der Waals surface area (Å²) in [6.07, 6.45) is 3.39. The highest BCUT2D eigenvalue weighted by Gasteiger charge is 2.31. The molecule has 7 nitrogen and oxygen atoms in total. The van der Waals surface area contributed by atoms with Crippen LogP contribution in [0.4, 0.5) is 4.39 Å². The number of hydrogen-bond donors (Lipinski definition) is 1. The smallest absolute Gasteiger partial charge is 0.346 e. The molecule has 0 saturated heterocycles. The molecule has 1 saturated carbocycles. The van der Waals surface area contributed by atoms with Crippen molar-refractivity contribution in [2.45, 2.75) is 25.4 Å². The first-order chi connectivity index (χ1) is 13.0. The predicted molar refractivity (Wildman–Crippen MR) is 96.2 cm³/mol. The lowest BCUT2D eigenvalue weighted by molar-refractivity contribution is 0.0952. The van der Waals surface area contributed by atoms with Crippen molar-refractivity contribution in [1.29, 1.82) is 0 Å². The molecule has 0 atom stereocenters. The SMILES string of the molecule is O=C(NCCn1nc(-c2ccco2)n(C2CC2)c1=O)c1ccc(F)cc1Cl. The van der Waals surface area contributed by atoms with Gasteiger partial charge in [0, 0.05) is 12.6 Å². The van der Waals surface area contributed by atoms with Crippen LogP contribution >= 0.6 is 11.6 Å². The van der Waals surface area contributed by atoms with E-state index in [-0.39, 0.29) is 35.4 Å². The number of amides is 1. The zero-order valence-corrected chi connectivity index (χ0v) is 14.9. The summed E-state index contributed by atoms with van der Waals surface area (Å²) in [6, 6.07) is 7.19. The van der Waals surface area contributed by atoms with E-state index in [4.69, 9.17) is 16.0 Å². The highest BCUT2D eigenvalue weighted by atomic mass is 35.5. The van der Waals surface area contributed by atoms with Crippen LogP contribution in [0, 0.1) is 5.82 Å². The van der Waals surface area contributed by atoms with E-state index in [9.17, 15) is 14.0 Å². The summed E-state index contributed by atoms with van der Waals surface area (Å²) in [7, 11) is 0. The van der Waals surface area contributed by atoms with Crippen molar-refractivity contribution in [2.24, 2.45) is 0 Å². The number of halogens is 2. The molecule has 1 aliphatic carbocycles. The van der Waals surface area contributed by atoms with Crippen molar-refractivity contribution in [3.8, 4) is 11.6 Å². The minimum Gasteiger partial charge on any atom is -0.461 e. The molecule has 1 amide bonds.